The van der Waals surface area contributed by atoms with Gasteiger partial charge in [-0.05, 0) is 24.0 Å². The monoisotopic (exact) mass is 246 g/mol. The van der Waals surface area contributed by atoms with Crippen molar-refractivity contribution in [2.75, 3.05) is 0 Å². The third-order valence-corrected chi connectivity index (χ3v) is 2.68. The van der Waals surface area contributed by atoms with Crippen LogP contribution in [0.4, 0.5) is 0 Å². The molecule has 0 bridgehead atoms. The van der Waals surface area contributed by atoms with Crippen LogP contribution < -0.4 is 18.1 Å². The van der Waals surface area contributed by atoms with E-state index in [1.165, 1.54) is 11.1 Å². The molecule has 0 amide bonds. The zero-order valence-electron chi connectivity index (χ0n) is 9.72. The summed E-state index contributed by atoms with van der Waals surface area (Å²) >= 11 is 0. The van der Waals surface area contributed by atoms with E-state index in [1.54, 1.807) is 0 Å². The average Bonchev–Trinajstić information content (AvgIpc) is 2.31. The van der Waals surface area contributed by atoms with Crippen molar-refractivity contribution in [3.05, 3.63) is 71.8 Å². The lowest BCUT2D eigenvalue weighted by Gasteiger charge is -2.11. The van der Waals surface area contributed by atoms with Gasteiger partial charge in [-0.3, -0.25) is 0 Å². The molecule has 0 heterocycles. The van der Waals surface area contributed by atoms with Gasteiger partial charge in [0, 0.05) is 6.04 Å². The number of hydrogen-bond donors (Lipinski definition) is 1. The fourth-order valence-electron chi connectivity index (χ4n) is 1.91. The van der Waals surface area contributed by atoms with Crippen LogP contribution in [0, 0.1) is 0 Å². The first-order valence-corrected chi connectivity index (χ1v) is 5.68. The largest absolute Gasteiger partial charge is 1.00 e. The summed E-state index contributed by atoms with van der Waals surface area (Å²) in [5, 5.41) is 0. The van der Waals surface area contributed by atoms with Crippen molar-refractivity contribution in [1.29, 1.82) is 0 Å². The van der Waals surface area contributed by atoms with Gasteiger partial charge in [-0.2, -0.15) is 0 Å². The predicted octanol–water partition coefficient (Wildman–Crippen LogP) is -0.197. The number of halogens is 1. The van der Waals surface area contributed by atoms with E-state index in [0.29, 0.717) is 0 Å². The van der Waals surface area contributed by atoms with Gasteiger partial charge in [0.25, 0.3) is 0 Å². The second-order valence-corrected chi connectivity index (χ2v) is 4.14. The summed E-state index contributed by atoms with van der Waals surface area (Å²) in [4.78, 5) is 0. The molecular formula is C15H17ClN-. The minimum atomic E-state index is 0. The normalized spacial score (nSPS) is 10.0. The molecule has 2 aromatic rings. The van der Waals surface area contributed by atoms with Crippen molar-refractivity contribution in [3.8, 4) is 0 Å². The molecule has 0 aliphatic heterocycles. The van der Waals surface area contributed by atoms with Crippen molar-refractivity contribution >= 4 is 0 Å². The first-order chi connectivity index (χ1) is 7.84. The summed E-state index contributed by atoms with van der Waals surface area (Å²) in [7, 11) is 0. The highest BCUT2D eigenvalue weighted by Gasteiger charge is 2.04. The fourth-order valence-corrected chi connectivity index (χ4v) is 1.91. The smallest absolute Gasteiger partial charge is 0.0120 e. The van der Waals surface area contributed by atoms with Crippen LogP contribution in [0.15, 0.2) is 60.7 Å². The van der Waals surface area contributed by atoms with Crippen LogP contribution in [-0.2, 0) is 12.8 Å². The van der Waals surface area contributed by atoms with E-state index in [2.05, 4.69) is 48.5 Å². The Morgan fingerprint density at radius 1 is 0.706 bits per heavy atom. The molecule has 0 atom stereocenters. The Bertz CT molecular complexity index is 372. The molecule has 0 saturated heterocycles. The SMILES string of the molecule is NC(Cc1ccccc1)Cc1ccccc1.[Cl-]. The zero-order chi connectivity index (χ0) is 11.2. The number of hydrogen-bond acceptors (Lipinski definition) is 1. The van der Waals surface area contributed by atoms with E-state index >= 15 is 0 Å². The van der Waals surface area contributed by atoms with Gasteiger partial charge in [0.15, 0.2) is 0 Å². The van der Waals surface area contributed by atoms with Crippen molar-refractivity contribution in [2.24, 2.45) is 5.73 Å². The second-order valence-electron chi connectivity index (χ2n) is 4.14. The third-order valence-electron chi connectivity index (χ3n) is 2.68. The molecule has 1 nitrogen and oxygen atoms in total. The average molecular weight is 247 g/mol. The highest BCUT2D eigenvalue weighted by molar-refractivity contribution is 5.19. The fraction of sp³-hybridized carbons (Fsp3) is 0.200. The third kappa shape index (κ3) is 4.59. The maximum absolute atomic E-state index is 6.14. The van der Waals surface area contributed by atoms with E-state index in [-0.39, 0.29) is 18.4 Å². The molecule has 0 aliphatic carbocycles. The first-order valence-electron chi connectivity index (χ1n) is 5.68. The number of nitrogens with two attached hydrogens (primary N) is 1. The van der Waals surface area contributed by atoms with Gasteiger partial charge in [0.05, 0.1) is 0 Å². The molecule has 2 heteroatoms. The molecule has 0 aliphatic rings. The van der Waals surface area contributed by atoms with Crippen molar-refractivity contribution < 1.29 is 12.4 Å². The Morgan fingerprint density at radius 2 is 1.06 bits per heavy atom. The topological polar surface area (TPSA) is 26.0 Å². The molecule has 90 valence electrons. The molecule has 2 aromatic carbocycles. The van der Waals surface area contributed by atoms with E-state index < -0.39 is 0 Å². The van der Waals surface area contributed by atoms with Gasteiger partial charge in [0.1, 0.15) is 0 Å². The molecule has 0 radical (unpaired) electrons. The molecule has 2 N–H and O–H groups in total. The van der Waals surface area contributed by atoms with Crippen molar-refractivity contribution in [2.45, 2.75) is 18.9 Å². The highest BCUT2D eigenvalue weighted by atomic mass is 35.5. The van der Waals surface area contributed by atoms with Crippen LogP contribution in [0.1, 0.15) is 11.1 Å². The highest BCUT2D eigenvalue weighted by Crippen LogP contribution is 2.07. The predicted molar refractivity (Wildman–Crippen MR) is 68.3 cm³/mol. The molecule has 0 fully saturated rings. The summed E-state index contributed by atoms with van der Waals surface area (Å²) in [5.74, 6) is 0. The Hall–Kier alpha value is -1.31. The summed E-state index contributed by atoms with van der Waals surface area (Å²) in [5.41, 5.74) is 8.76. The van der Waals surface area contributed by atoms with E-state index in [0.717, 1.165) is 12.8 Å². The summed E-state index contributed by atoms with van der Waals surface area (Å²) < 4.78 is 0. The summed E-state index contributed by atoms with van der Waals surface area (Å²) in [6.07, 6.45) is 1.88. The van der Waals surface area contributed by atoms with Crippen LogP contribution in [0.3, 0.4) is 0 Å². The first kappa shape index (κ1) is 13.8. The Labute approximate surface area is 109 Å². The lowest BCUT2D eigenvalue weighted by molar-refractivity contribution is -0.00000346. The maximum Gasteiger partial charge on any atom is 0.0120 e. The molecular weight excluding hydrogens is 230 g/mol. The Balaban J connectivity index is 0.00000144. The number of rotatable bonds is 4. The van der Waals surface area contributed by atoms with E-state index in [9.17, 15) is 0 Å². The van der Waals surface area contributed by atoms with Gasteiger partial charge < -0.3 is 18.1 Å². The Kier molecular flexibility index (Phi) is 5.75. The van der Waals surface area contributed by atoms with Crippen molar-refractivity contribution in [1.82, 2.24) is 0 Å². The standard InChI is InChI=1S/C15H17N.ClH/c16-15(11-13-7-3-1-4-8-13)12-14-9-5-2-6-10-14;/h1-10,15H,11-12,16H2;1H/p-1. The van der Waals surface area contributed by atoms with E-state index in [4.69, 9.17) is 5.73 Å². The van der Waals surface area contributed by atoms with Gasteiger partial charge in [0.2, 0.25) is 0 Å². The number of benzene rings is 2. The van der Waals surface area contributed by atoms with Gasteiger partial charge in [-0.25, -0.2) is 0 Å². The molecule has 0 unspecified atom stereocenters. The summed E-state index contributed by atoms with van der Waals surface area (Å²) in [6, 6.07) is 21.0. The minimum absolute atomic E-state index is 0. The second kappa shape index (κ2) is 7.10. The van der Waals surface area contributed by atoms with Crippen LogP contribution >= 0.6 is 0 Å². The van der Waals surface area contributed by atoms with Crippen LogP contribution in [-0.4, -0.2) is 6.04 Å². The molecule has 0 aromatic heterocycles. The zero-order valence-corrected chi connectivity index (χ0v) is 10.5. The van der Waals surface area contributed by atoms with Crippen molar-refractivity contribution in [3.63, 3.8) is 0 Å². The van der Waals surface area contributed by atoms with Crippen LogP contribution in [0.2, 0.25) is 0 Å². The quantitative estimate of drug-likeness (QED) is 0.795. The van der Waals surface area contributed by atoms with Gasteiger partial charge in [-0.15, -0.1) is 0 Å². The van der Waals surface area contributed by atoms with Gasteiger partial charge in [-0.1, -0.05) is 60.7 Å². The molecule has 2 rings (SSSR count). The lowest BCUT2D eigenvalue weighted by atomic mass is 10.00. The van der Waals surface area contributed by atoms with Gasteiger partial charge >= 0.3 is 0 Å². The summed E-state index contributed by atoms with van der Waals surface area (Å²) in [6.45, 7) is 0. The lowest BCUT2D eigenvalue weighted by Crippen LogP contribution is -3.00. The van der Waals surface area contributed by atoms with E-state index in [1.807, 2.05) is 12.1 Å². The Morgan fingerprint density at radius 3 is 1.41 bits per heavy atom. The maximum atomic E-state index is 6.14. The molecule has 17 heavy (non-hydrogen) atoms. The van der Waals surface area contributed by atoms with Crippen LogP contribution in [0.25, 0.3) is 0 Å². The molecule has 0 saturated carbocycles. The van der Waals surface area contributed by atoms with Crippen LogP contribution in [0.5, 0.6) is 0 Å². The molecule has 0 spiro atoms. The minimum Gasteiger partial charge on any atom is -1.00 e.